The van der Waals surface area contributed by atoms with Gasteiger partial charge in [0, 0.05) is 43.0 Å². The van der Waals surface area contributed by atoms with Crippen LogP contribution in [0.5, 0.6) is 0 Å². The van der Waals surface area contributed by atoms with Crippen LogP contribution < -0.4 is 0 Å². The Bertz CT molecular complexity index is 787. The number of carbonyl (C=O) groups is 1. The van der Waals surface area contributed by atoms with E-state index in [4.69, 9.17) is 0 Å². The summed E-state index contributed by atoms with van der Waals surface area (Å²) in [6, 6.07) is 8.31. The summed E-state index contributed by atoms with van der Waals surface area (Å²) in [6.45, 7) is 4.38. The second-order valence-electron chi connectivity index (χ2n) is 5.66. The molecule has 3 aromatic heterocycles. The highest BCUT2D eigenvalue weighted by Gasteiger charge is 2.24. The van der Waals surface area contributed by atoms with Gasteiger partial charge < -0.3 is 4.90 Å². The fourth-order valence-corrected chi connectivity index (χ4v) is 5.13. The van der Waals surface area contributed by atoms with Crippen molar-refractivity contribution in [1.82, 2.24) is 14.8 Å². The van der Waals surface area contributed by atoms with Crippen molar-refractivity contribution >= 4 is 39.9 Å². The molecule has 3 aromatic rings. The zero-order valence-electron chi connectivity index (χ0n) is 13.1. The predicted molar refractivity (Wildman–Crippen MR) is 101 cm³/mol. The van der Waals surface area contributed by atoms with E-state index in [1.54, 1.807) is 34.0 Å². The van der Waals surface area contributed by atoms with E-state index in [-0.39, 0.29) is 5.91 Å². The van der Waals surface area contributed by atoms with Crippen LogP contribution in [0.4, 0.5) is 0 Å². The van der Waals surface area contributed by atoms with Gasteiger partial charge in [0.15, 0.2) is 0 Å². The zero-order valence-corrected chi connectivity index (χ0v) is 15.5. The highest BCUT2D eigenvalue weighted by Crippen LogP contribution is 2.28. The third kappa shape index (κ3) is 3.44. The van der Waals surface area contributed by atoms with Gasteiger partial charge in [-0.15, -0.1) is 34.0 Å². The maximum atomic E-state index is 12.7. The van der Waals surface area contributed by atoms with Crippen LogP contribution in [0.3, 0.4) is 0 Å². The summed E-state index contributed by atoms with van der Waals surface area (Å²) in [5, 5.41) is 6.97. The molecule has 4 rings (SSSR count). The van der Waals surface area contributed by atoms with E-state index in [2.05, 4.69) is 27.4 Å². The van der Waals surface area contributed by atoms with E-state index in [0.717, 1.165) is 42.6 Å². The Morgan fingerprint density at radius 3 is 2.54 bits per heavy atom. The lowest BCUT2D eigenvalue weighted by Crippen LogP contribution is -2.48. The number of aromatic nitrogens is 1. The van der Waals surface area contributed by atoms with E-state index >= 15 is 0 Å². The lowest BCUT2D eigenvalue weighted by molar-refractivity contribution is 0.0625. The SMILES string of the molecule is O=C(c1csc(-c2cccs2)n1)N1CCN(Cc2cccs2)CC1. The molecule has 0 spiro atoms. The number of thiazole rings is 1. The van der Waals surface area contributed by atoms with E-state index in [1.807, 2.05) is 27.8 Å². The Morgan fingerprint density at radius 1 is 1.04 bits per heavy atom. The predicted octanol–water partition coefficient (Wildman–Crippen LogP) is 3.89. The largest absolute Gasteiger partial charge is 0.335 e. The molecular weight excluding hydrogens is 358 g/mol. The minimum Gasteiger partial charge on any atom is -0.335 e. The number of carbonyl (C=O) groups excluding carboxylic acids is 1. The number of rotatable bonds is 4. The van der Waals surface area contributed by atoms with Gasteiger partial charge in [0.25, 0.3) is 5.91 Å². The molecule has 0 radical (unpaired) electrons. The minimum absolute atomic E-state index is 0.0600. The van der Waals surface area contributed by atoms with Gasteiger partial charge in [0.05, 0.1) is 4.88 Å². The van der Waals surface area contributed by atoms with Crippen LogP contribution >= 0.6 is 34.0 Å². The molecule has 0 aliphatic carbocycles. The van der Waals surface area contributed by atoms with Gasteiger partial charge in [-0.1, -0.05) is 12.1 Å². The highest BCUT2D eigenvalue weighted by molar-refractivity contribution is 7.20. The Balaban J connectivity index is 1.36. The third-order valence-corrected chi connectivity index (χ3v) is 6.82. The molecule has 4 heterocycles. The van der Waals surface area contributed by atoms with Crippen molar-refractivity contribution < 1.29 is 4.79 Å². The first-order valence-corrected chi connectivity index (χ1v) is 10.5. The minimum atomic E-state index is 0.0600. The zero-order chi connectivity index (χ0) is 16.4. The fraction of sp³-hybridized carbons (Fsp3) is 0.294. The number of thiophene rings is 2. The van der Waals surface area contributed by atoms with Crippen LogP contribution in [-0.2, 0) is 6.54 Å². The van der Waals surface area contributed by atoms with Crippen LogP contribution in [-0.4, -0.2) is 46.9 Å². The van der Waals surface area contributed by atoms with Crippen molar-refractivity contribution in [3.8, 4) is 9.88 Å². The molecule has 24 heavy (non-hydrogen) atoms. The van der Waals surface area contributed by atoms with E-state index in [0.29, 0.717) is 5.69 Å². The molecular formula is C17H17N3OS3. The molecule has 0 bridgehead atoms. The number of hydrogen-bond donors (Lipinski definition) is 0. The summed E-state index contributed by atoms with van der Waals surface area (Å²) in [4.78, 5) is 24.0. The molecule has 1 amide bonds. The van der Waals surface area contributed by atoms with Gasteiger partial charge in [-0.2, -0.15) is 0 Å². The summed E-state index contributed by atoms with van der Waals surface area (Å²) < 4.78 is 0. The maximum Gasteiger partial charge on any atom is 0.273 e. The molecule has 1 aliphatic rings. The van der Waals surface area contributed by atoms with Crippen LogP contribution in [0.1, 0.15) is 15.4 Å². The van der Waals surface area contributed by atoms with Gasteiger partial charge in [-0.05, 0) is 22.9 Å². The molecule has 1 aliphatic heterocycles. The average Bonchev–Trinajstić information content (AvgIpc) is 3.36. The molecule has 1 fully saturated rings. The number of piperazine rings is 1. The summed E-state index contributed by atoms with van der Waals surface area (Å²) in [7, 11) is 0. The van der Waals surface area contributed by atoms with Crippen molar-refractivity contribution in [2.45, 2.75) is 6.54 Å². The molecule has 0 aromatic carbocycles. The van der Waals surface area contributed by atoms with Gasteiger partial charge in [-0.25, -0.2) is 4.98 Å². The van der Waals surface area contributed by atoms with Crippen LogP contribution in [0, 0.1) is 0 Å². The fourth-order valence-electron chi connectivity index (χ4n) is 2.78. The van der Waals surface area contributed by atoms with Crippen LogP contribution in [0.25, 0.3) is 9.88 Å². The van der Waals surface area contributed by atoms with Gasteiger partial charge in [-0.3, -0.25) is 9.69 Å². The Morgan fingerprint density at radius 2 is 1.83 bits per heavy atom. The summed E-state index contributed by atoms with van der Waals surface area (Å²) in [5.74, 6) is 0.0600. The highest BCUT2D eigenvalue weighted by atomic mass is 32.1. The third-order valence-electron chi connectivity index (χ3n) is 4.07. The van der Waals surface area contributed by atoms with E-state index < -0.39 is 0 Å². The van der Waals surface area contributed by atoms with E-state index in [1.165, 1.54) is 4.88 Å². The average molecular weight is 376 g/mol. The Kier molecular flexibility index (Phi) is 4.75. The van der Waals surface area contributed by atoms with Crippen molar-refractivity contribution in [3.05, 3.63) is 51.0 Å². The Hall–Kier alpha value is -1.54. The molecule has 0 unspecified atom stereocenters. The normalized spacial score (nSPS) is 15.8. The molecule has 124 valence electrons. The molecule has 0 N–H and O–H groups in total. The second kappa shape index (κ2) is 7.14. The Labute approximate surface area is 153 Å². The smallest absolute Gasteiger partial charge is 0.273 e. The van der Waals surface area contributed by atoms with Gasteiger partial charge in [0.2, 0.25) is 0 Å². The number of hydrogen-bond acceptors (Lipinski definition) is 6. The number of amides is 1. The molecule has 1 saturated heterocycles. The first-order valence-electron chi connectivity index (χ1n) is 7.83. The second-order valence-corrected chi connectivity index (χ2v) is 8.50. The standard InChI is InChI=1S/C17H17N3OS3/c21-17(14-12-24-16(18-14)15-4-2-10-23-15)20-7-5-19(6-8-20)11-13-3-1-9-22-13/h1-4,9-10,12H,5-8,11H2. The lowest BCUT2D eigenvalue weighted by Gasteiger charge is -2.34. The van der Waals surface area contributed by atoms with Crippen LogP contribution in [0.2, 0.25) is 0 Å². The first kappa shape index (κ1) is 16.0. The summed E-state index contributed by atoms with van der Waals surface area (Å²) in [6.07, 6.45) is 0. The first-order chi connectivity index (χ1) is 11.8. The van der Waals surface area contributed by atoms with Crippen molar-refractivity contribution in [1.29, 1.82) is 0 Å². The molecule has 0 saturated carbocycles. The van der Waals surface area contributed by atoms with Crippen molar-refractivity contribution in [2.75, 3.05) is 26.2 Å². The molecule has 0 atom stereocenters. The van der Waals surface area contributed by atoms with Crippen molar-refractivity contribution in [2.24, 2.45) is 0 Å². The maximum absolute atomic E-state index is 12.7. The summed E-state index contributed by atoms with van der Waals surface area (Å²) in [5.41, 5.74) is 0.579. The van der Waals surface area contributed by atoms with Gasteiger partial charge in [0.1, 0.15) is 10.7 Å². The molecule has 7 heteroatoms. The van der Waals surface area contributed by atoms with Crippen LogP contribution in [0.15, 0.2) is 40.4 Å². The summed E-state index contributed by atoms with van der Waals surface area (Å²) >= 11 is 4.99. The quantitative estimate of drug-likeness (QED) is 0.694. The van der Waals surface area contributed by atoms with E-state index in [9.17, 15) is 4.79 Å². The molecule has 4 nitrogen and oxygen atoms in total. The monoisotopic (exact) mass is 375 g/mol. The lowest BCUT2D eigenvalue weighted by atomic mass is 10.2. The van der Waals surface area contributed by atoms with Crippen molar-refractivity contribution in [3.63, 3.8) is 0 Å². The number of nitrogens with zero attached hydrogens (tertiary/aromatic N) is 3. The van der Waals surface area contributed by atoms with Gasteiger partial charge >= 0.3 is 0 Å². The topological polar surface area (TPSA) is 36.4 Å².